The van der Waals surface area contributed by atoms with Crippen molar-refractivity contribution in [3.8, 4) is 0 Å². The molecule has 1 aliphatic carbocycles. The fourth-order valence-electron chi connectivity index (χ4n) is 1.44. The van der Waals surface area contributed by atoms with Gasteiger partial charge in [0.2, 0.25) is 0 Å². The van der Waals surface area contributed by atoms with Crippen molar-refractivity contribution in [3.63, 3.8) is 0 Å². The van der Waals surface area contributed by atoms with Crippen LogP contribution in [-0.2, 0) is 0 Å². The highest BCUT2D eigenvalue weighted by Crippen LogP contribution is 2.25. The van der Waals surface area contributed by atoms with Crippen LogP contribution in [-0.4, -0.2) is 19.3 Å². The monoisotopic (exact) mass is 145 g/mol. The van der Waals surface area contributed by atoms with Gasteiger partial charge in [0, 0.05) is 6.04 Å². The lowest BCUT2D eigenvalue weighted by atomic mass is 9.82. The smallest absolute Gasteiger partial charge is 0.0906 e. The van der Waals surface area contributed by atoms with Crippen LogP contribution in [0.4, 0.5) is 4.39 Å². The van der Waals surface area contributed by atoms with Crippen molar-refractivity contribution in [2.75, 3.05) is 13.2 Å². The van der Waals surface area contributed by atoms with E-state index in [9.17, 15) is 4.39 Å². The van der Waals surface area contributed by atoms with E-state index in [0.29, 0.717) is 12.5 Å². The molecule has 0 bridgehead atoms. The number of hydrogen-bond acceptors (Lipinski definition) is 1. The molecule has 0 aliphatic heterocycles. The van der Waals surface area contributed by atoms with Gasteiger partial charge in [0.1, 0.15) is 0 Å². The first kappa shape index (κ1) is 7.99. The second-order valence-electron chi connectivity index (χ2n) is 3.27. The normalized spacial score (nSPS) is 31.8. The van der Waals surface area contributed by atoms with Crippen LogP contribution in [0.15, 0.2) is 0 Å². The van der Waals surface area contributed by atoms with Crippen molar-refractivity contribution in [1.82, 2.24) is 5.32 Å². The third-order valence-electron chi connectivity index (χ3n) is 2.12. The summed E-state index contributed by atoms with van der Waals surface area (Å²) in [4.78, 5) is 0. The summed E-state index contributed by atoms with van der Waals surface area (Å²) in [5.74, 6) is 0.892. The lowest BCUT2D eigenvalue weighted by Gasteiger charge is -2.33. The first-order valence-corrected chi connectivity index (χ1v) is 4.12. The molecule has 1 aliphatic rings. The van der Waals surface area contributed by atoms with Gasteiger partial charge in [-0.25, -0.2) is 0 Å². The van der Waals surface area contributed by atoms with Crippen molar-refractivity contribution in [1.29, 1.82) is 0 Å². The minimum atomic E-state index is -0.185. The Morgan fingerprint density at radius 1 is 1.50 bits per heavy atom. The topological polar surface area (TPSA) is 12.0 Å². The third-order valence-corrected chi connectivity index (χ3v) is 2.12. The molecule has 1 saturated carbocycles. The third kappa shape index (κ3) is 2.25. The summed E-state index contributed by atoms with van der Waals surface area (Å²) in [6.45, 7) is 2.93. The highest BCUT2D eigenvalue weighted by atomic mass is 19.1. The number of nitrogens with one attached hydrogen (secondary N) is 1. The van der Waals surface area contributed by atoms with E-state index < -0.39 is 0 Å². The zero-order valence-corrected chi connectivity index (χ0v) is 6.57. The maximum atomic E-state index is 11.6. The zero-order valence-electron chi connectivity index (χ0n) is 6.57. The number of alkyl halides is 1. The van der Waals surface area contributed by atoms with Crippen molar-refractivity contribution >= 4 is 0 Å². The van der Waals surface area contributed by atoms with Gasteiger partial charge in [-0.3, -0.25) is 4.39 Å². The van der Waals surface area contributed by atoms with E-state index in [0.717, 1.165) is 12.5 Å². The van der Waals surface area contributed by atoms with Crippen molar-refractivity contribution in [2.24, 2.45) is 5.92 Å². The van der Waals surface area contributed by atoms with E-state index in [1.807, 2.05) is 0 Å². The molecule has 1 fully saturated rings. The van der Waals surface area contributed by atoms with Crippen LogP contribution in [0.5, 0.6) is 0 Å². The van der Waals surface area contributed by atoms with Gasteiger partial charge in [0.05, 0.1) is 6.67 Å². The summed E-state index contributed by atoms with van der Waals surface area (Å²) in [6.07, 6.45) is 3.24. The largest absolute Gasteiger partial charge is 0.314 e. The van der Waals surface area contributed by atoms with E-state index in [1.54, 1.807) is 0 Å². The standard InChI is InChI=1S/C8H16FN/c1-7-5-8(6-7)10-4-2-3-9/h7-8,10H,2-6H2,1H3. The summed E-state index contributed by atoms with van der Waals surface area (Å²) < 4.78 is 11.6. The second-order valence-corrected chi connectivity index (χ2v) is 3.27. The van der Waals surface area contributed by atoms with Crippen molar-refractivity contribution in [2.45, 2.75) is 32.2 Å². The van der Waals surface area contributed by atoms with E-state index >= 15 is 0 Å². The molecule has 10 heavy (non-hydrogen) atoms. The van der Waals surface area contributed by atoms with Gasteiger partial charge in [0.25, 0.3) is 0 Å². The zero-order chi connectivity index (χ0) is 7.40. The second kappa shape index (κ2) is 3.91. The molecule has 0 aromatic rings. The van der Waals surface area contributed by atoms with Crippen LogP contribution in [0.25, 0.3) is 0 Å². The highest BCUT2D eigenvalue weighted by Gasteiger charge is 2.23. The molecule has 0 atom stereocenters. The molecule has 0 radical (unpaired) electrons. The predicted octanol–water partition coefficient (Wildman–Crippen LogP) is 1.73. The molecule has 0 amide bonds. The summed E-state index contributed by atoms with van der Waals surface area (Å²) in [7, 11) is 0. The molecule has 0 saturated heterocycles. The van der Waals surface area contributed by atoms with E-state index in [-0.39, 0.29) is 6.67 Å². The predicted molar refractivity (Wildman–Crippen MR) is 40.8 cm³/mol. The van der Waals surface area contributed by atoms with Gasteiger partial charge in [0.15, 0.2) is 0 Å². The van der Waals surface area contributed by atoms with E-state index in [1.165, 1.54) is 12.8 Å². The highest BCUT2D eigenvalue weighted by molar-refractivity contribution is 4.81. The molecule has 0 heterocycles. The summed E-state index contributed by atoms with van der Waals surface area (Å²) >= 11 is 0. The molecule has 2 heteroatoms. The van der Waals surface area contributed by atoms with Gasteiger partial charge < -0.3 is 5.32 Å². The number of rotatable bonds is 4. The Kier molecular flexibility index (Phi) is 3.13. The minimum Gasteiger partial charge on any atom is -0.314 e. The molecular formula is C8H16FN. The van der Waals surface area contributed by atoms with Crippen LogP contribution >= 0.6 is 0 Å². The molecule has 1 nitrogen and oxygen atoms in total. The van der Waals surface area contributed by atoms with Crippen LogP contribution in [0.2, 0.25) is 0 Å². The maximum Gasteiger partial charge on any atom is 0.0906 e. The van der Waals surface area contributed by atoms with Crippen molar-refractivity contribution < 1.29 is 4.39 Å². The average Bonchev–Trinajstić information content (AvgIpc) is 1.85. The van der Waals surface area contributed by atoms with Gasteiger partial charge in [-0.2, -0.15) is 0 Å². The van der Waals surface area contributed by atoms with E-state index in [2.05, 4.69) is 12.2 Å². The fourth-order valence-corrected chi connectivity index (χ4v) is 1.44. The van der Waals surface area contributed by atoms with Crippen LogP contribution in [0.1, 0.15) is 26.2 Å². The molecule has 0 aromatic heterocycles. The Morgan fingerprint density at radius 3 is 2.70 bits per heavy atom. The lowest BCUT2D eigenvalue weighted by Crippen LogP contribution is -2.40. The van der Waals surface area contributed by atoms with Gasteiger partial charge in [-0.05, 0) is 31.7 Å². The van der Waals surface area contributed by atoms with E-state index in [4.69, 9.17) is 0 Å². The number of halogens is 1. The van der Waals surface area contributed by atoms with Crippen LogP contribution in [0, 0.1) is 5.92 Å². The SMILES string of the molecule is CC1CC(NCCCF)C1. The maximum absolute atomic E-state index is 11.6. The molecule has 1 N–H and O–H groups in total. The Hall–Kier alpha value is -0.110. The first-order valence-electron chi connectivity index (χ1n) is 4.12. The minimum absolute atomic E-state index is 0.185. The van der Waals surface area contributed by atoms with Crippen molar-refractivity contribution in [3.05, 3.63) is 0 Å². The summed E-state index contributed by atoms with van der Waals surface area (Å²) in [5, 5.41) is 3.31. The van der Waals surface area contributed by atoms with Gasteiger partial charge in [-0.15, -0.1) is 0 Å². The fraction of sp³-hybridized carbons (Fsp3) is 1.00. The summed E-state index contributed by atoms with van der Waals surface area (Å²) in [6, 6.07) is 0.696. The lowest BCUT2D eigenvalue weighted by molar-refractivity contribution is 0.239. The molecule has 0 aromatic carbocycles. The Balaban J connectivity index is 1.86. The van der Waals surface area contributed by atoms with Gasteiger partial charge >= 0.3 is 0 Å². The molecule has 0 spiro atoms. The Morgan fingerprint density at radius 2 is 2.20 bits per heavy atom. The molecular weight excluding hydrogens is 129 g/mol. The Bertz CT molecular complexity index is 89.3. The Labute approximate surface area is 62.0 Å². The van der Waals surface area contributed by atoms with Crippen LogP contribution in [0.3, 0.4) is 0 Å². The quantitative estimate of drug-likeness (QED) is 0.594. The molecule has 1 rings (SSSR count). The van der Waals surface area contributed by atoms with Crippen LogP contribution < -0.4 is 5.32 Å². The average molecular weight is 145 g/mol. The first-order chi connectivity index (χ1) is 4.83. The number of hydrogen-bond donors (Lipinski definition) is 1. The molecule has 60 valence electrons. The van der Waals surface area contributed by atoms with Gasteiger partial charge in [-0.1, -0.05) is 6.92 Å². The molecule has 0 unspecified atom stereocenters. The summed E-state index contributed by atoms with van der Waals surface area (Å²) in [5.41, 5.74) is 0.